The normalized spacial score (nSPS) is 8.23. The fraction of sp³-hybridized carbons (Fsp3) is 0.300. The second-order valence-electron chi connectivity index (χ2n) is 2.33. The van der Waals surface area contributed by atoms with Crippen molar-refractivity contribution in [2.45, 2.75) is 13.8 Å². The van der Waals surface area contributed by atoms with E-state index in [1.54, 1.807) is 6.92 Å². The largest absolute Gasteiger partial charge is 0.454 e. The lowest BCUT2D eigenvalue weighted by molar-refractivity contribution is 0.180. The summed E-state index contributed by atoms with van der Waals surface area (Å²) in [6.45, 7) is 4.13. The molecule has 0 fully saturated rings. The van der Waals surface area contributed by atoms with E-state index >= 15 is 0 Å². The summed E-state index contributed by atoms with van der Waals surface area (Å²) >= 11 is 4.72. The summed E-state index contributed by atoms with van der Waals surface area (Å²) in [5.41, 5.74) is 0.583. The van der Waals surface area contributed by atoms with Crippen LogP contribution in [0.3, 0.4) is 0 Å². The standard InChI is InChI=1S/C7H8.C3H5ClO2/c1-7-5-3-2-4-6-7;1-2-6-3(4)5/h2-6H,1H3;2H2,1H3. The van der Waals surface area contributed by atoms with Crippen LogP contribution in [-0.4, -0.2) is 12.0 Å². The molecule has 0 aliphatic rings. The summed E-state index contributed by atoms with van der Waals surface area (Å²) in [6.07, 6.45) is 0. The van der Waals surface area contributed by atoms with Gasteiger partial charge in [-0.25, -0.2) is 4.79 Å². The highest BCUT2D eigenvalue weighted by Crippen LogP contribution is 1.92. The Hall–Kier alpha value is -1.02. The molecular weight excluding hydrogens is 188 g/mol. The molecule has 72 valence electrons. The van der Waals surface area contributed by atoms with Crippen molar-refractivity contribution in [2.24, 2.45) is 0 Å². The molecule has 0 radical (unpaired) electrons. The fourth-order valence-electron chi connectivity index (χ4n) is 0.648. The molecule has 0 aliphatic carbocycles. The number of rotatable bonds is 1. The third-order valence-electron chi connectivity index (χ3n) is 1.20. The van der Waals surface area contributed by atoms with Gasteiger partial charge in [-0.05, 0) is 13.8 Å². The Bertz CT molecular complexity index is 234. The van der Waals surface area contributed by atoms with Crippen molar-refractivity contribution in [3.8, 4) is 0 Å². The van der Waals surface area contributed by atoms with Crippen LogP contribution < -0.4 is 0 Å². The zero-order chi connectivity index (χ0) is 10.1. The zero-order valence-corrected chi connectivity index (χ0v) is 8.54. The molecule has 1 aromatic rings. The molecule has 0 atom stereocenters. The Labute approximate surface area is 83.5 Å². The van der Waals surface area contributed by atoms with Gasteiger partial charge >= 0.3 is 5.43 Å². The second-order valence-corrected chi connectivity index (χ2v) is 2.63. The Balaban J connectivity index is 0.000000226. The molecule has 0 saturated heterocycles. The number of carbonyl (C=O) groups is 1. The maximum atomic E-state index is 9.59. The second kappa shape index (κ2) is 7.62. The van der Waals surface area contributed by atoms with Gasteiger partial charge in [0.1, 0.15) is 0 Å². The van der Waals surface area contributed by atoms with Crippen molar-refractivity contribution in [1.82, 2.24) is 0 Å². The van der Waals surface area contributed by atoms with Crippen LogP contribution >= 0.6 is 11.6 Å². The molecule has 0 aromatic heterocycles. The topological polar surface area (TPSA) is 26.3 Å². The van der Waals surface area contributed by atoms with Crippen LogP contribution in [0.1, 0.15) is 12.5 Å². The van der Waals surface area contributed by atoms with E-state index in [1.165, 1.54) is 5.56 Å². The predicted molar refractivity (Wildman–Crippen MR) is 54.1 cm³/mol. The van der Waals surface area contributed by atoms with Gasteiger partial charge in [-0.3, -0.25) is 0 Å². The number of halogens is 1. The van der Waals surface area contributed by atoms with Gasteiger partial charge in [-0.1, -0.05) is 35.9 Å². The molecule has 0 spiro atoms. The van der Waals surface area contributed by atoms with E-state index in [0.29, 0.717) is 6.61 Å². The van der Waals surface area contributed by atoms with Crippen LogP contribution in [0.15, 0.2) is 30.3 Å². The number of carbonyl (C=O) groups excluding carboxylic acids is 1. The van der Waals surface area contributed by atoms with Crippen molar-refractivity contribution in [2.75, 3.05) is 6.61 Å². The van der Waals surface area contributed by atoms with Crippen LogP contribution in [0, 0.1) is 6.92 Å². The zero-order valence-electron chi connectivity index (χ0n) is 7.79. The summed E-state index contributed by atoms with van der Waals surface area (Å²) in [5.74, 6) is 0. The molecule has 0 heterocycles. The maximum absolute atomic E-state index is 9.59. The van der Waals surface area contributed by atoms with Gasteiger partial charge < -0.3 is 4.74 Å². The first-order valence-electron chi connectivity index (χ1n) is 4.00. The first-order chi connectivity index (χ1) is 6.16. The molecule has 0 N–H and O–H groups in total. The number of benzene rings is 1. The van der Waals surface area contributed by atoms with E-state index in [9.17, 15) is 4.79 Å². The lowest BCUT2D eigenvalue weighted by Crippen LogP contribution is -1.89. The van der Waals surface area contributed by atoms with Crippen molar-refractivity contribution in [3.05, 3.63) is 35.9 Å². The molecule has 3 heteroatoms. The number of aryl methyl sites for hydroxylation is 1. The highest BCUT2D eigenvalue weighted by Gasteiger charge is 1.86. The van der Waals surface area contributed by atoms with Crippen LogP contribution in [-0.2, 0) is 4.74 Å². The van der Waals surface area contributed by atoms with Crippen LogP contribution in [0.25, 0.3) is 0 Å². The van der Waals surface area contributed by atoms with E-state index in [4.69, 9.17) is 11.6 Å². The Morgan fingerprint density at radius 3 is 2.08 bits per heavy atom. The van der Waals surface area contributed by atoms with Gasteiger partial charge in [0.25, 0.3) is 0 Å². The Morgan fingerprint density at radius 1 is 1.38 bits per heavy atom. The summed E-state index contributed by atoms with van der Waals surface area (Å²) in [7, 11) is 0. The first-order valence-corrected chi connectivity index (χ1v) is 4.38. The van der Waals surface area contributed by atoms with Crippen LogP contribution in [0.5, 0.6) is 0 Å². The summed E-state index contributed by atoms with van der Waals surface area (Å²) in [5, 5.41) is 0. The van der Waals surface area contributed by atoms with E-state index in [1.807, 2.05) is 18.2 Å². The lowest BCUT2D eigenvalue weighted by atomic mass is 10.2. The minimum atomic E-state index is -0.738. The molecule has 1 aromatic carbocycles. The third kappa shape index (κ3) is 8.89. The van der Waals surface area contributed by atoms with Crippen molar-refractivity contribution < 1.29 is 9.53 Å². The van der Waals surface area contributed by atoms with Gasteiger partial charge in [-0.2, -0.15) is 0 Å². The minimum absolute atomic E-state index is 0.350. The molecule has 0 aliphatic heterocycles. The van der Waals surface area contributed by atoms with Crippen LogP contribution in [0.4, 0.5) is 4.79 Å². The minimum Gasteiger partial charge on any atom is -0.454 e. The van der Waals surface area contributed by atoms with Gasteiger partial charge in [0, 0.05) is 11.6 Å². The molecular formula is C10H13ClO2. The Morgan fingerprint density at radius 2 is 1.92 bits per heavy atom. The predicted octanol–water partition coefficient (Wildman–Crippen LogP) is 3.38. The molecule has 0 amide bonds. The highest BCUT2D eigenvalue weighted by atomic mass is 35.5. The average molecular weight is 201 g/mol. The quantitative estimate of drug-likeness (QED) is 0.650. The SMILES string of the molecule is CCOC(=O)Cl.Cc1ccccc1. The highest BCUT2D eigenvalue weighted by molar-refractivity contribution is 6.61. The maximum Gasteiger partial charge on any atom is 0.403 e. The van der Waals surface area contributed by atoms with Crippen molar-refractivity contribution >= 4 is 17.0 Å². The summed E-state index contributed by atoms with van der Waals surface area (Å²) < 4.78 is 4.17. The third-order valence-corrected chi connectivity index (χ3v) is 1.31. The number of hydrogen-bond acceptors (Lipinski definition) is 2. The van der Waals surface area contributed by atoms with Crippen molar-refractivity contribution in [3.63, 3.8) is 0 Å². The fourth-order valence-corrected chi connectivity index (χ4v) is 0.757. The molecule has 1 rings (SSSR count). The van der Waals surface area contributed by atoms with Gasteiger partial charge in [-0.15, -0.1) is 0 Å². The van der Waals surface area contributed by atoms with Crippen molar-refractivity contribution in [1.29, 1.82) is 0 Å². The summed E-state index contributed by atoms with van der Waals surface area (Å²) in [6, 6.07) is 10.3. The molecule has 2 nitrogen and oxygen atoms in total. The van der Waals surface area contributed by atoms with E-state index in [2.05, 4.69) is 23.8 Å². The van der Waals surface area contributed by atoms with Gasteiger partial charge in [0.2, 0.25) is 0 Å². The molecule has 0 bridgehead atoms. The summed E-state index contributed by atoms with van der Waals surface area (Å²) in [4.78, 5) is 9.59. The molecule has 13 heavy (non-hydrogen) atoms. The number of hydrogen-bond donors (Lipinski definition) is 0. The number of ether oxygens (including phenoxy) is 1. The van der Waals surface area contributed by atoms with Gasteiger partial charge in [0.15, 0.2) is 0 Å². The molecule has 0 unspecified atom stereocenters. The molecule has 0 saturated carbocycles. The van der Waals surface area contributed by atoms with E-state index < -0.39 is 5.43 Å². The Kier molecular flexibility index (Phi) is 7.02. The lowest BCUT2D eigenvalue weighted by Gasteiger charge is -1.86. The average Bonchev–Trinajstić information content (AvgIpc) is 2.06. The smallest absolute Gasteiger partial charge is 0.403 e. The van der Waals surface area contributed by atoms with E-state index in [0.717, 1.165) is 0 Å². The monoisotopic (exact) mass is 200 g/mol. The van der Waals surface area contributed by atoms with E-state index in [-0.39, 0.29) is 0 Å². The van der Waals surface area contributed by atoms with Gasteiger partial charge in [0.05, 0.1) is 6.61 Å². The van der Waals surface area contributed by atoms with Crippen LogP contribution in [0.2, 0.25) is 0 Å². The first kappa shape index (κ1) is 12.0.